The maximum Gasteiger partial charge on any atom is 0.255 e. The summed E-state index contributed by atoms with van der Waals surface area (Å²) in [4.78, 5) is 12.3. The van der Waals surface area contributed by atoms with E-state index in [4.69, 9.17) is 4.74 Å². The monoisotopic (exact) mass is 283 g/mol. The van der Waals surface area contributed by atoms with Gasteiger partial charge in [-0.15, -0.1) is 0 Å². The number of hydrogen-bond acceptors (Lipinski definition) is 2. The summed E-state index contributed by atoms with van der Waals surface area (Å²) in [5, 5.41) is 2.96. The number of carbonyl (C=O) groups excluding carboxylic acids is 1. The zero-order valence-corrected chi connectivity index (χ0v) is 12.7. The number of hydrogen-bond donors (Lipinski definition) is 1. The molecule has 2 aromatic rings. The molecule has 0 aliphatic rings. The van der Waals surface area contributed by atoms with Gasteiger partial charge in [-0.1, -0.05) is 25.1 Å². The molecule has 1 amide bonds. The first-order valence-corrected chi connectivity index (χ1v) is 7.26. The van der Waals surface area contributed by atoms with E-state index >= 15 is 0 Å². The standard InChI is InChI=1S/C18H21NO2/c1-4-14-7-5-6-8-17(14)19-18(20)15-9-11-16(12-10-15)21-13(2)3/h5-13H,4H2,1-3H3,(H,19,20). The lowest BCUT2D eigenvalue weighted by Gasteiger charge is -2.11. The molecule has 110 valence electrons. The number of para-hydroxylation sites is 1. The van der Waals surface area contributed by atoms with Crippen LogP contribution in [0.15, 0.2) is 48.5 Å². The van der Waals surface area contributed by atoms with E-state index in [9.17, 15) is 4.79 Å². The first kappa shape index (κ1) is 15.1. The molecule has 0 saturated carbocycles. The van der Waals surface area contributed by atoms with Crippen molar-refractivity contribution in [1.29, 1.82) is 0 Å². The molecule has 1 N–H and O–H groups in total. The molecule has 21 heavy (non-hydrogen) atoms. The molecule has 2 aromatic carbocycles. The molecule has 0 aliphatic heterocycles. The lowest BCUT2D eigenvalue weighted by molar-refractivity contribution is 0.102. The smallest absolute Gasteiger partial charge is 0.255 e. The van der Waals surface area contributed by atoms with Gasteiger partial charge in [0.15, 0.2) is 0 Å². The second kappa shape index (κ2) is 6.93. The summed E-state index contributed by atoms with van der Waals surface area (Å²) in [5.41, 5.74) is 2.62. The van der Waals surface area contributed by atoms with Crippen LogP contribution < -0.4 is 10.1 Å². The highest BCUT2D eigenvalue weighted by molar-refractivity contribution is 6.04. The lowest BCUT2D eigenvalue weighted by atomic mass is 10.1. The summed E-state index contributed by atoms with van der Waals surface area (Å²) in [6, 6.07) is 15.0. The van der Waals surface area contributed by atoms with Crippen molar-refractivity contribution in [2.75, 3.05) is 5.32 Å². The van der Waals surface area contributed by atoms with E-state index in [-0.39, 0.29) is 12.0 Å². The van der Waals surface area contributed by atoms with Gasteiger partial charge in [-0.05, 0) is 56.2 Å². The third kappa shape index (κ3) is 4.09. The number of benzene rings is 2. The van der Waals surface area contributed by atoms with E-state index < -0.39 is 0 Å². The van der Waals surface area contributed by atoms with Crippen molar-refractivity contribution in [1.82, 2.24) is 0 Å². The van der Waals surface area contributed by atoms with Crippen LogP contribution in [-0.4, -0.2) is 12.0 Å². The minimum absolute atomic E-state index is 0.105. The van der Waals surface area contributed by atoms with Crippen LogP contribution in [0.3, 0.4) is 0 Å². The zero-order chi connectivity index (χ0) is 15.2. The minimum Gasteiger partial charge on any atom is -0.491 e. The van der Waals surface area contributed by atoms with Crippen molar-refractivity contribution in [2.45, 2.75) is 33.3 Å². The molecule has 3 heteroatoms. The molecule has 0 aliphatic carbocycles. The van der Waals surface area contributed by atoms with Crippen molar-refractivity contribution >= 4 is 11.6 Å². The lowest BCUT2D eigenvalue weighted by Crippen LogP contribution is -2.13. The normalized spacial score (nSPS) is 10.5. The van der Waals surface area contributed by atoms with E-state index in [1.54, 1.807) is 12.1 Å². The molecule has 0 radical (unpaired) electrons. The van der Waals surface area contributed by atoms with Gasteiger partial charge in [-0.3, -0.25) is 4.79 Å². The Hall–Kier alpha value is -2.29. The molecule has 0 spiro atoms. The van der Waals surface area contributed by atoms with Crippen molar-refractivity contribution in [3.63, 3.8) is 0 Å². The third-order valence-corrected chi connectivity index (χ3v) is 3.13. The predicted octanol–water partition coefficient (Wildman–Crippen LogP) is 4.29. The van der Waals surface area contributed by atoms with Gasteiger partial charge < -0.3 is 10.1 Å². The Morgan fingerprint density at radius 3 is 2.38 bits per heavy atom. The summed E-state index contributed by atoms with van der Waals surface area (Å²) in [5.74, 6) is 0.669. The minimum atomic E-state index is -0.105. The fraction of sp³-hybridized carbons (Fsp3) is 0.278. The summed E-state index contributed by atoms with van der Waals surface area (Å²) >= 11 is 0. The van der Waals surface area contributed by atoms with E-state index in [1.165, 1.54) is 0 Å². The van der Waals surface area contributed by atoms with E-state index in [1.807, 2.05) is 50.2 Å². The van der Waals surface area contributed by atoms with Crippen LogP contribution in [0.4, 0.5) is 5.69 Å². The quantitative estimate of drug-likeness (QED) is 0.889. The summed E-state index contributed by atoms with van der Waals surface area (Å²) < 4.78 is 5.57. The summed E-state index contributed by atoms with van der Waals surface area (Å²) in [6.07, 6.45) is 1.01. The van der Waals surface area contributed by atoms with Gasteiger partial charge in [-0.2, -0.15) is 0 Å². The van der Waals surface area contributed by atoms with Crippen LogP contribution in [0.1, 0.15) is 36.7 Å². The van der Waals surface area contributed by atoms with Crippen molar-refractivity contribution in [3.8, 4) is 5.75 Å². The Balaban J connectivity index is 2.09. The average molecular weight is 283 g/mol. The maximum atomic E-state index is 12.3. The van der Waals surface area contributed by atoms with E-state index in [0.29, 0.717) is 5.56 Å². The largest absolute Gasteiger partial charge is 0.491 e. The number of nitrogens with one attached hydrogen (secondary N) is 1. The fourth-order valence-corrected chi connectivity index (χ4v) is 2.10. The zero-order valence-electron chi connectivity index (χ0n) is 12.7. The molecule has 0 aromatic heterocycles. The van der Waals surface area contributed by atoms with Gasteiger partial charge in [0, 0.05) is 11.3 Å². The number of aryl methyl sites for hydroxylation is 1. The topological polar surface area (TPSA) is 38.3 Å². The molecule has 0 bridgehead atoms. The van der Waals surface area contributed by atoms with Gasteiger partial charge in [0.2, 0.25) is 0 Å². The number of carbonyl (C=O) groups is 1. The van der Waals surface area contributed by atoms with Gasteiger partial charge in [0.1, 0.15) is 5.75 Å². The maximum absolute atomic E-state index is 12.3. The SMILES string of the molecule is CCc1ccccc1NC(=O)c1ccc(OC(C)C)cc1. The Morgan fingerprint density at radius 2 is 1.76 bits per heavy atom. The van der Waals surface area contributed by atoms with Crippen LogP contribution in [0.2, 0.25) is 0 Å². The number of rotatable bonds is 5. The Morgan fingerprint density at radius 1 is 1.10 bits per heavy atom. The van der Waals surface area contributed by atoms with Gasteiger partial charge in [0.25, 0.3) is 5.91 Å². The van der Waals surface area contributed by atoms with E-state index in [0.717, 1.165) is 23.4 Å². The fourth-order valence-electron chi connectivity index (χ4n) is 2.10. The molecule has 0 saturated heterocycles. The van der Waals surface area contributed by atoms with Crippen LogP contribution in [0.5, 0.6) is 5.75 Å². The molecule has 0 atom stereocenters. The third-order valence-electron chi connectivity index (χ3n) is 3.13. The first-order chi connectivity index (χ1) is 10.1. The van der Waals surface area contributed by atoms with Crippen molar-refractivity contribution in [3.05, 3.63) is 59.7 Å². The second-order valence-corrected chi connectivity index (χ2v) is 5.16. The highest BCUT2D eigenvalue weighted by Gasteiger charge is 2.08. The average Bonchev–Trinajstić information content (AvgIpc) is 2.48. The van der Waals surface area contributed by atoms with Gasteiger partial charge >= 0.3 is 0 Å². The highest BCUT2D eigenvalue weighted by atomic mass is 16.5. The molecule has 3 nitrogen and oxygen atoms in total. The Bertz CT molecular complexity index is 603. The molecule has 0 unspecified atom stereocenters. The number of ether oxygens (including phenoxy) is 1. The predicted molar refractivity (Wildman–Crippen MR) is 86.0 cm³/mol. The summed E-state index contributed by atoms with van der Waals surface area (Å²) in [6.45, 7) is 6.02. The Kier molecular flexibility index (Phi) is 4.99. The molecule has 0 fully saturated rings. The summed E-state index contributed by atoms with van der Waals surface area (Å²) in [7, 11) is 0. The van der Waals surface area contributed by atoms with Crippen LogP contribution in [0.25, 0.3) is 0 Å². The van der Waals surface area contributed by atoms with E-state index in [2.05, 4.69) is 12.2 Å². The van der Waals surface area contributed by atoms with Crippen molar-refractivity contribution in [2.24, 2.45) is 0 Å². The highest BCUT2D eigenvalue weighted by Crippen LogP contribution is 2.18. The number of amides is 1. The second-order valence-electron chi connectivity index (χ2n) is 5.16. The van der Waals surface area contributed by atoms with Gasteiger partial charge in [0.05, 0.1) is 6.10 Å². The van der Waals surface area contributed by atoms with Gasteiger partial charge in [-0.25, -0.2) is 0 Å². The van der Waals surface area contributed by atoms with Crippen LogP contribution in [-0.2, 0) is 6.42 Å². The van der Waals surface area contributed by atoms with Crippen LogP contribution in [0, 0.1) is 0 Å². The van der Waals surface area contributed by atoms with Crippen LogP contribution >= 0.6 is 0 Å². The van der Waals surface area contributed by atoms with Crippen molar-refractivity contribution < 1.29 is 9.53 Å². The molecule has 2 rings (SSSR count). The molecular weight excluding hydrogens is 262 g/mol. The Labute approximate surface area is 126 Å². The number of anilines is 1. The molecular formula is C18H21NO2. The first-order valence-electron chi connectivity index (χ1n) is 7.26. The molecule has 0 heterocycles.